The van der Waals surface area contributed by atoms with Crippen molar-refractivity contribution < 1.29 is 25.1 Å². The third-order valence-corrected chi connectivity index (χ3v) is 1.93. The highest BCUT2D eigenvalue weighted by Gasteiger charge is 2.03. The van der Waals surface area contributed by atoms with Crippen molar-refractivity contribution in [1.29, 1.82) is 0 Å². The molecule has 2 aromatic rings. The van der Waals surface area contributed by atoms with Crippen molar-refractivity contribution in [3.05, 3.63) is 48.2 Å². The van der Waals surface area contributed by atoms with Gasteiger partial charge in [-0.3, -0.25) is 5.73 Å². The van der Waals surface area contributed by atoms with Crippen LogP contribution < -0.4 is 15.8 Å². The van der Waals surface area contributed by atoms with Crippen LogP contribution >= 0.6 is 0 Å². The second-order valence-corrected chi connectivity index (χ2v) is 3.30. The van der Waals surface area contributed by atoms with Crippen molar-refractivity contribution in [3.63, 3.8) is 0 Å². The number of carboxylic acid groups (broad SMARTS) is 1. The Morgan fingerprint density at radius 1 is 1.28 bits per heavy atom. The van der Waals surface area contributed by atoms with E-state index in [0.717, 1.165) is 18.2 Å². The summed E-state index contributed by atoms with van der Waals surface area (Å²) in [5.41, 5.74) is 4.89. The first kappa shape index (κ1) is 13.3. The van der Waals surface area contributed by atoms with E-state index in [9.17, 15) is 9.90 Å². The van der Waals surface area contributed by atoms with Gasteiger partial charge in [0.15, 0.2) is 0 Å². The number of aromatic amines is 1. The van der Waals surface area contributed by atoms with Crippen LogP contribution in [0.1, 0.15) is 10.4 Å². The van der Waals surface area contributed by atoms with Crippen LogP contribution in [-0.4, -0.2) is 16.2 Å². The number of hydrogen-bond donors (Lipinski definition) is 3. The first-order chi connectivity index (χ1) is 8.50. The molecular weight excluding hydrogens is 236 g/mol. The number of aromatic hydroxyl groups is 1. The molecule has 6 heteroatoms. The van der Waals surface area contributed by atoms with E-state index in [1.807, 2.05) is 12.1 Å². The van der Waals surface area contributed by atoms with Gasteiger partial charge in [-0.05, 0) is 18.2 Å². The number of phenolic OH excluding ortho intramolecular Hbond substituents is 1. The van der Waals surface area contributed by atoms with E-state index in [2.05, 4.69) is 4.98 Å². The summed E-state index contributed by atoms with van der Waals surface area (Å²) < 4.78 is 0. The maximum Gasteiger partial charge on any atom is 0.335 e. The Labute approximate surface area is 103 Å². The number of nitrogens with two attached hydrogens (primary N) is 1. The van der Waals surface area contributed by atoms with Crippen LogP contribution in [0, 0.1) is 0 Å². The van der Waals surface area contributed by atoms with Crippen LogP contribution in [0.2, 0.25) is 0 Å². The molecule has 0 spiro atoms. The number of nitrogen functional groups attached to an aromatic ring is 1. The van der Waals surface area contributed by atoms with Gasteiger partial charge in [-0.25, -0.2) is 9.78 Å². The van der Waals surface area contributed by atoms with Crippen LogP contribution in [0.15, 0.2) is 42.6 Å². The van der Waals surface area contributed by atoms with Crippen molar-refractivity contribution >= 4 is 11.8 Å². The molecule has 2 rings (SSSR count). The lowest BCUT2D eigenvalue weighted by atomic mass is 10.2. The molecule has 1 heterocycles. The first-order valence-corrected chi connectivity index (χ1v) is 4.96. The minimum absolute atomic E-state index is 0.220. The number of benzene rings is 1. The standard InChI is InChI=1S/C7H6O4.C5H6N2/c8-4-1-2-6(9)5(3-4)7(10)11;6-5-3-1-2-4-7-5/h1-3,8-9H,(H,10,11);1-4H,(H2,6,7). The molecule has 0 aliphatic rings. The minimum Gasteiger partial charge on any atom is -0.872 e. The summed E-state index contributed by atoms with van der Waals surface area (Å²) in [6.07, 6.45) is 1.79. The molecule has 0 bridgehead atoms. The highest BCUT2D eigenvalue weighted by Crippen LogP contribution is 2.19. The number of nitrogens with one attached hydrogen (secondary N) is 1. The Balaban J connectivity index is 0.000000199. The third-order valence-electron chi connectivity index (χ3n) is 1.93. The normalized spacial score (nSPS) is 9.11. The van der Waals surface area contributed by atoms with E-state index in [1.54, 1.807) is 12.3 Å². The monoisotopic (exact) mass is 248 g/mol. The molecule has 94 valence electrons. The lowest BCUT2D eigenvalue weighted by Gasteiger charge is -2.08. The summed E-state index contributed by atoms with van der Waals surface area (Å²) in [6.45, 7) is 0. The quantitative estimate of drug-likeness (QED) is 0.667. The van der Waals surface area contributed by atoms with E-state index in [0.29, 0.717) is 5.82 Å². The van der Waals surface area contributed by atoms with Gasteiger partial charge in [0.2, 0.25) is 0 Å². The average molecular weight is 248 g/mol. The maximum atomic E-state index is 10.7. The molecule has 0 saturated carbocycles. The molecule has 0 aliphatic carbocycles. The zero-order valence-electron chi connectivity index (χ0n) is 9.33. The van der Waals surface area contributed by atoms with Crippen molar-refractivity contribution in [3.8, 4) is 11.5 Å². The van der Waals surface area contributed by atoms with Gasteiger partial charge >= 0.3 is 5.97 Å². The lowest BCUT2D eigenvalue weighted by molar-refractivity contribution is -0.360. The minimum atomic E-state index is -1.33. The van der Waals surface area contributed by atoms with Gasteiger partial charge < -0.3 is 15.3 Å². The number of phenols is 1. The molecule has 0 saturated heterocycles. The molecule has 0 aliphatic heterocycles. The second kappa shape index (κ2) is 6.09. The van der Waals surface area contributed by atoms with Gasteiger partial charge in [0.1, 0.15) is 5.75 Å². The number of aromatic carboxylic acids is 1. The van der Waals surface area contributed by atoms with Gasteiger partial charge in [-0.1, -0.05) is 17.9 Å². The number of hydrogen-bond acceptors (Lipinski definition) is 4. The maximum absolute atomic E-state index is 10.7. The number of pyridine rings is 1. The molecule has 1 aromatic heterocycles. The molecule has 0 fully saturated rings. The van der Waals surface area contributed by atoms with E-state index >= 15 is 0 Å². The van der Waals surface area contributed by atoms with E-state index in [-0.39, 0.29) is 5.75 Å². The van der Waals surface area contributed by atoms with Crippen molar-refractivity contribution in [2.45, 2.75) is 0 Å². The first-order valence-electron chi connectivity index (χ1n) is 4.96. The molecule has 6 nitrogen and oxygen atoms in total. The summed E-state index contributed by atoms with van der Waals surface area (Å²) in [4.78, 5) is 13.1. The van der Waals surface area contributed by atoms with Crippen molar-refractivity contribution in [1.82, 2.24) is 0 Å². The molecule has 0 amide bonds. The number of carbonyl (C=O) groups is 1. The fourth-order valence-corrected chi connectivity index (χ4v) is 1.09. The van der Waals surface area contributed by atoms with Crippen molar-refractivity contribution in [2.24, 2.45) is 0 Å². The lowest BCUT2D eigenvalue weighted by Crippen LogP contribution is -2.06. The molecule has 0 unspecified atom stereocenters. The number of aromatic nitrogens is 1. The predicted molar refractivity (Wildman–Crippen MR) is 61.9 cm³/mol. The fourth-order valence-electron chi connectivity index (χ4n) is 1.09. The number of anilines is 1. The van der Waals surface area contributed by atoms with Gasteiger partial charge in [-0.15, -0.1) is 0 Å². The zero-order valence-corrected chi connectivity index (χ0v) is 9.33. The summed E-state index contributed by atoms with van der Waals surface area (Å²) in [5.74, 6) is -1.45. The Kier molecular flexibility index (Phi) is 4.50. The molecular formula is C12H12N2O4. The smallest absolute Gasteiger partial charge is 0.335 e. The molecule has 1 aromatic carbocycles. The Morgan fingerprint density at radius 3 is 2.39 bits per heavy atom. The van der Waals surface area contributed by atoms with Gasteiger partial charge in [-0.2, -0.15) is 0 Å². The van der Waals surface area contributed by atoms with Crippen molar-refractivity contribution in [2.75, 3.05) is 5.73 Å². The van der Waals surface area contributed by atoms with Crippen LogP contribution in [0.25, 0.3) is 0 Å². The van der Waals surface area contributed by atoms with E-state index in [4.69, 9.17) is 15.9 Å². The van der Waals surface area contributed by atoms with Gasteiger partial charge in [0.25, 0.3) is 5.82 Å². The molecule has 5 N–H and O–H groups in total. The largest absolute Gasteiger partial charge is 0.872 e. The highest BCUT2D eigenvalue weighted by atomic mass is 16.4. The molecule has 0 radical (unpaired) electrons. The summed E-state index contributed by atoms with van der Waals surface area (Å²) >= 11 is 0. The molecule has 0 atom stereocenters. The third kappa shape index (κ3) is 4.01. The predicted octanol–water partition coefficient (Wildman–Crippen LogP) is 0.247. The van der Waals surface area contributed by atoms with Crippen LogP contribution in [0.3, 0.4) is 0 Å². The summed E-state index contributed by atoms with van der Waals surface area (Å²) in [6, 6.07) is 8.65. The summed E-state index contributed by atoms with van der Waals surface area (Å²) in [5, 5.41) is 27.9. The number of H-pyrrole nitrogens is 1. The second-order valence-electron chi connectivity index (χ2n) is 3.30. The Hall–Kier alpha value is -2.76. The molecule has 18 heavy (non-hydrogen) atoms. The Morgan fingerprint density at radius 2 is 2.00 bits per heavy atom. The van der Waals surface area contributed by atoms with Crippen LogP contribution in [-0.2, 0) is 0 Å². The van der Waals surface area contributed by atoms with E-state index in [1.165, 1.54) is 0 Å². The Bertz CT molecular complexity index is 529. The highest BCUT2D eigenvalue weighted by molar-refractivity contribution is 5.90. The SMILES string of the molecule is Nc1cccc[nH+]1.O=C(O)c1cc(O)ccc1[O-]. The zero-order chi connectivity index (χ0) is 13.5. The average Bonchev–Trinajstić information content (AvgIpc) is 2.34. The van der Waals surface area contributed by atoms with Crippen LogP contribution in [0.4, 0.5) is 5.82 Å². The van der Waals surface area contributed by atoms with Crippen LogP contribution in [0.5, 0.6) is 11.5 Å². The fraction of sp³-hybridized carbons (Fsp3) is 0. The number of rotatable bonds is 1. The van der Waals surface area contributed by atoms with E-state index < -0.39 is 17.3 Å². The number of carboxylic acids is 1. The topological polar surface area (TPSA) is 121 Å². The van der Waals surface area contributed by atoms with Gasteiger partial charge in [0.05, 0.1) is 11.8 Å². The summed E-state index contributed by atoms with van der Waals surface area (Å²) in [7, 11) is 0. The van der Waals surface area contributed by atoms with Gasteiger partial charge in [0, 0.05) is 6.07 Å².